The summed E-state index contributed by atoms with van der Waals surface area (Å²) >= 11 is 0. The summed E-state index contributed by atoms with van der Waals surface area (Å²) in [6, 6.07) is 4.80. The third-order valence-electron chi connectivity index (χ3n) is 4.14. The first-order chi connectivity index (χ1) is 8.81. The molecule has 2 rings (SSSR count). The van der Waals surface area contributed by atoms with E-state index >= 15 is 0 Å². The van der Waals surface area contributed by atoms with Crippen molar-refractivity contribution >= 4 is 0 Å². The molecule has 0 saturated heterocycles. The molecular formula is C15H25N3. The summed E-state index contributed by atoms with van der Waals surface area (Å²) in [6.07, 6.45) is 10.4. The highest BCUT2D eigenvalue weighted by atomic mass is 15.1. The summed E-state index contributed by atoms with van der Waals surface area (Å²) in [5.41, 5.74) is 7.25. The van der Waals surface area contributed by atoms with E-state index in [4.69, 9.17) is 5.73 Å². The third kappa shape index (κ3) is 3.53. The standard InChI is InChI=1S/C15H25N3/c1-18(12-13-6-5-9-17-11-13)15-8-4-2-3-7-14(15)10-16/h5-6,9,11,14-15H,2-4,7-8,10,12,16H2,1H3. The van der Waals surface area contributed by atoms with E-state index in [2.05, 4.69) is 23.0 Å². The fraction of sp³-hybridized carbons (Fsp3) is 0.667. The fourth-order valence-electron chi connectivity index (χ4n) is 3.12. The molecule has 0 aliphatic heterocycles. The van der Waals surface area contributed by atoms with Gasteiger partial charge in [0.2, 0.25) is 0 Å². The quantitative estimate of drug-likeness (QED) is 0.831. The van der Waals surface area contributed by atoms with Crippen LogP contribution in [0.15, 0.2) is 24.5 Å². The lowest BCUT2D eigenvalue weighted by atomic mass is 9.93. The van der Waals surface area contributed by atoms with E-state index in [-0.39, 0.29) is 0 Å². The number of pyridine rings is 1. The minimum Gasteiger partial charge on any atom is -0.330 e. The molecule has 18 heavy (non-hydrogen) atoms. The summed E-state index contributed by atoms with van der Waals surface area (Å²) in [5.74, 6) is 0.661. The van der Waals surface area contributed by atoms with E-state index in [1.54, 1.807) is 0 Å². The van der Waals surface area contributed by atoms with Crippen molar-refractivity contribution in [3.05, 3.63) is 30.1 Å². The van der Waals surface area contributed by atoms with E-state index in [1.165, 1.54) is 37.7 Å². The molecule has 100 valence electrons. The number of nitrogens with two attached hydrogens (primary N) is 1. The molecule has 1 aliphatic rings. The molecule has 1 heterocycles. The summed E-state index contributed by atoms with van der Waals surface area (Å²) in [6.45, 7) is 1.80. The molecular weight excluding hydrogens is 222 g/mol. The molecule has 2 atom stereocenters. The van der Waals surface area contributed by atoms with Crippen molar-refractivity contribution in [1.29, 1.82) is 0 Å². The predicted octanol–water partition coefficient (Wildman–Crippen LogP) is 2.42. The summed E-state index contributed by atoms with van der Waals surface area (Å²) < 4.78 is 0. The maximum atomic E-state index is 5.96. The van der Waals surface area contributed by atoms with Crippen LogP contribution in [-0.4, -0.2) is 29.5 Å². The molecule has 3 heteroatoms. The topological polar surface area (TPSA) is 42.2 Å². The number of nitrogens with zero attached hydrogens (tertiary/aromatic N) is 2. The second-order valence-electron chi connectivity index (χ2n) is 5.48. The van der Waals surface area contributed by atoms with Crippen LogP contribution in [0.5, 0.6) is 0 Å². The average Bonchev–Trinajstić information content (AvgIpc) is 2.64. The van der Waals surface area contributed by atoms with Gasteiger partial charge in [0.15, 0.2) is 0 Å². The van der Waals surface area contributed by atoms with E-state index in [9.17, 15) is 0 Å². The molecule has 0 radical (unpaired) electrons. The molecule has 1 aromatic heterocycles. The molecule has 0 spiro atoms. The zero-order valence-electron chi connectivity index (χ0n) is 11.4. The molecule has 1 fully saturated rings. The van der Waals surface area contributed by atoms with Crippen molar-refractivity contribution in [3.8, 4) is 0 Å². The van der Waals surface area contributed by atoms with Crippen LogP contribution in [0.1, 0.15) is 37.7 Å². The van der Waals surface area contributed by atoms with Gasteiger partial charge in [-0.05, 0) is 44.0 Å². The molecule has 2 unspecified atom stereocenters. The monoisotopic (exact) mass is 247 g/mol. The molecule has 1 aromatic rings. The maximum absolute atomic E-state index is 5.96. The molecule has 0 aromatic carbocycles. The van der Waals surface area contributed by atoms with Gasteiger partial charge in [-0.1, -0.05) is 25.3 Å². The normalized spacial score (nSPS) is 25.1. The Morgan fingerprint density at radius 1 is 1.33 bits per heavy atom. The lowest BCUT2D eigenvalue weighted by molar-refractivity contribution is 0.161. The molecule has 1 saturated carbocycles. The van der Waals surface area contributed by atoms with Gasteiger partial charge in [0.05, 0.1) is 0 Å². The Morgan fingerprint density at radius 2 is 2.17 bits per heavy atom. The first kappa shape index (κ1) is 13.5. The van der Waals surface area contributed by atoms with Crippen LogP contribution in [0, 0.1) is 5.92 Å². The predicted molar refractivity (Wildman–Crippen MR) is 75.1 cm³/mol. The first-order valence-electron chi connectivity index (χ1n) is 7.10. The van der Waals surface area contributed by atoms with Gasteiger partial charge >= 0.3 is 0 Å². The van der Waals surface area contributed by atoms with Crippen LogP contribution in [0.25, 0.3) is 0 Å². The fourth-order valence-corrected chi connectivity index (χ4v) is 3.12. The zero-order valence-corrected chi connectivity index (χ0v) is 11.4. The number of hydrogen-bond donors (Lipinski definition) is 1. The Bertz CT molecular complexity index is 339. The van der Waals surface area contributed by atoms with Crippen LogP contribution < -0.4 is 5.73 Å². The van der Waals surface area contributed by atoms with Crippen molar-refractivity contribution in [2.45, 2.75) is 44.7 Å². The van der Waals surface area contributed by atoms with Crippen molar-refractivity contribution in [2.24, 2.45) is 11.7 Å². The zero-order chi connectivity index (χ0) is 12.8. The van der Waals surface area contributed by atoms with Gasteiger partial charge in [-0.15, -0.1) is 0 Å². The van der Waals surface area contributed by atoms with E-state index in [0.717, 1.165) is 13.1 Å². The molecule has 0 amide bonds. The van der Waals surface area contributed by atoms with Gasteiger partial charge in [-0.2, -0.15) is 0 Å². The smallest absolute Gasteiger partial charge is 0.0312 e. The minimum atomic E-state index is 0.637. The van der Waals surface area contributed by atoms with Gasteiger partial charge in [0, 0.05) is 25.0 Å². The molecule has 1 aliphatic carbocycles. The van der Waals surface area contributed by atoms with Crippen molar-refractivity contribution < 1.29 is 0 Å². The minimum absolute atomic E-state index is 0.637. The maximum Gasteiger partial charge on any atom is 0.0312 e. The van der Waals surface area contributed by atoms with Crippen LogP contribution in [0.4, 0.5) is 0 Å². The van der Waals surface area contributed by atoms with Crippen molar-refractivity contribution in [3.63, 3.8) is 0 Å². The van der Waals surface area contributed by atoms with Crippen LogP contribution in [0.2, 0.25) is 0 Å². The van der Waals surface area contributed by atoms with Crippen LogP contribution in [-0.2, 0) is 6.54 Å². The highest BCUT2D eigenvalue weighted by Gasteiger charge is 2.25. The number of hydrogen-bond acceptors (Lipinski definition) is 3. The largest absolute Gasteiger partial charge is 0.330 e. The molecule has 3 nitrogen and oxygen atoms in total. The first-order valence-corrected chi connectivity index (χ1v) is 7.10. The van der Waals surface area contributed by atoms with E-state index in [1.807, 2.05) is 18.5 Å². The number of rotatable bonds is 4. The average molecular weight is 247 g/mol. The lowest BCUT2D eigenvalue weighted by Gasteiger charge is -2.33. The van der Waals surface area contributed by atoms with E-state index in [0.29, 0.717) is 12.0 Å². The summed E-state index contributed by atoms with van der Waals surface area (Å²) in [5, 5.41) is 0. The van der Waals surface area contributed by atoms with Gasteiger partial charge in [0.25, 0.3) is 0 Å². The second kappa shape index (κ2) is 6.86. The second-order valence-corrected chi connectivity index (χ2v) is 5.48. The SMILES string of the molecule is CN(Cc1cccnc1)C1CCCCCC1CN. The van der Waals surface area contributed by atoms with Gasteiger partial charge < -0.3 is 5.73 Å². The Labute approximate surface area is 110 Å². The third-order valence-corrected chi connectivity index (χ3v) is 4.14. The number of aromatic nitrogens is 1. The Hall–Kier alpha value is -0.930. The van der Waals surface area contributed by atoms with Crippen molar-refractivity contribution in [1.82, 2.24) is 9.88 Å². The lowest BCUT2D eigenvalue weighted by Crippen LogP contribution is -2.40. The molecule has 0 bridgehead atoms. The van der Waals surface area contributed by atoms with Gasteiger partial charge in [0.1, 0.15) is 0 Å². The van der Waals surface area contributed by atoms with Gasteiger partial charge in [-0.3, -0.25) is 9.88 Å². The Balaban J connectivity index is 1.99. The summed E-state index contributed by atoms with van der Waals surface area (Å²) in [7, 11) is 2.23. The molecule has 2 N–H and O–H groups in total. The Kier molecular flexibility index (Phi) is 5.14. The van der Waals surface area contributed by atoms with E-state index < -0.39 is 0 Å². The highest BCUT2D eigenvalue weighted by molar-refractivity contribution is 5.08. The van der Waals surface area contributed by atoms with Gasteiger partial charge in [-0.25, -0.2) is 0 Å². The van der Waals surface area contributed by atoms with Crippen LogP contribution in [0.3, 0.4) is 0 Å². The van der Waals surface area contributed by atoms with Crippen LogP contribution >= 0.6 is 0 Å². The van der Waals surface area contributed by atoms with Crippen molar-refractivity contribution in [2.75, 3.05) is 13.6 Å². The highest BCUT2D eigenvalue weighted by Crippen LogP contribution is 2.26. The summed E-state index contributed by atoms with van der Waals surface area (Å²) in [4.78, 5) is 6.66. The Morgan fingerprint density at radius 3 is 2.89 bits per heavy atom.